The van der Waals surface area contributed by atoms with Crippen molar-refractivity contribution < 1.29 is 39.8 Å². The summed E-state index contributed by atoms with van der Waals surface area (Å²) in [4.78, 5) is 12.9. The van der Waals surface area contributed by atoms with E-state index in [0.29, 0.717) is 6.42 Å². The SMILES string of the molecule is CCCCCCC/C=C\C/C=C\C/C=C\CCCCCCCCCCC(=O)NC(COC1OC(CO)C(O)C(O)C1O)C(O)/C=C/CCCCCCCCCC. The Morgan fingerprint density at radius 3 is 1.55 bits per heavy atom. The smallest absolute Gasteiger partial charge is 0.220 e. The standard InChI is InChI=1S/C47H85NO8/c1-3-5-7-9-11-13-15-16-17-18-19-20-21-22-23-24-25-26-27-29-31-33-35-37-43(51)48-40(39-55-47-46(54)45(53)44(52)42(38-49)56-47)41(50)36-34-32-30-28-14-12-10-8-6-4-2/h15-16,18-19,21-22,34,36,40-42,44-47,49-50,52-54H,3-14,17,20,23-33,35,37-39H2,1-2H3,(H,48,51)/b16-15-,19-18-,22-21-,36-34+. The number of aliphatic hydroxyl groups excluding tert-OH is 5. The molecule has 6 N–H and O–H groups in total. The zero-order chi connectivity index (χ0) is 40.9. The van der Waals surface area contributed by atoms with Crippen LogP contribution < -0.4 is 5.32 Å². The monoisotopic (exact) mass is 792 g/mol. The number of carbonyl (C=O) groups excluding carboxylic acids is 1. The molecule has 0 saturated carbocycles. The Morgan fingerprint density at radius 1 is 0.607 bits per heavy atom. The Hall–Kier alpha value is -1.85. The van der Waals surface area contributed by atoms with Crippen LogP contribution in [0.25, 0.3) is 0 Å². The van der Waals surface area contributed by atoms with Gasteiger partial charge in [0.05, 0.1) is 25.4 Å². The topological polar surface area (TPSA) is 149 Å². The third kappa shape index (κ3) is 27.7. The van der Waals surface area contributed by atoms with Crippen molar-refractivity contribution in [2.24, 2.45) is 0 Å². The van der Waals surface area contributed by atoms with Crippen molar-refractivity contribution in [3.8, 4) is 0 Å². The second kappa shape index (κ2) is 37.4. The number of carbonyl (C=O) groups is 1. The molecule has 0 aromatic heterocycles. The van der Waals surface area contributed by atoms with E-state index in [2.05, 4.69) is 55.6 Å². The van der Waals surface area contributed by atoms with Gasteiger partial charge in [0.2, 0.25) is 5.91 Å². The Labute approximate surface area is 342 Å². The molecule has 7 unspecified atom stereocenters. The van der Waals surface area contributed by atoms with Crippen LogP contribution >= 0.6 is 0 Å². The molecule has 0 aromatic carbocycles. The number of ether oxygens (including phenoxy) is 2. The predicted molar refractivity (Wildman–Crippen MR) is 230 cm³/mol. The van der Waals surface area contributed by atoms with E-state index in [1.54, 1.807) is 6.08 Å². The Balaban J connectivity index is 2.29. The summed E-state index contributed by atoms with van der Waals surface area (Å²) in [5.41, 5.74) is 0. The zero-order valence-corrected chi connectivity index (χ0v) is 35.6. The van der Waals surface area contributed by atoms with Crippen LogP contribution in [-0.2, 0) is 14.3 Å². The highest BCUT2D eigenvalue weighted by atomic mass is 16.7. The Bertz CT molecular complexity index is 1010. The van der Waals surface area contributed by atoms with Gasteiger partial charge in [-0.3, -0.25) is 4.79 Å². The largest absolute Gasteiger partial charge is 0.394 e. The molecule has 1 rings (SSSR count). The van der Waals surface area contributed by atoms with E-state index in [4.69, 9.17) is 9.47 Å². The molecule has 0 spiro atoms. The Kier molecular flexibility index (Phi) is 34.9. The summed E-state index contributed by atoms with van der Waals surface area (Å²) < 4.78 is 11.2. The second-order valence-corrected chi connectivity index (χ2v) is 15.8. The average molecular weight is 792 g/mol. The van der Waals surface area contributed by atoms with Gasteiger partial charge >= 0.3 is 0 Å². The molecule has 326 valence electrons. The summed E-state index contributed by atoms with van der Waals surface area (Å²) in [6, 6.07) is -0.807. The fraction of sp³-hybridized carbons (Fsp3) is 0.809. The molecule has 0 aliphatic carbocycles. The molecule has 56 heavy (non-hydrogen) atoms. The van der Waals surface area contributed by atoms with Gasteiger partial charge in [-0.25, -0.2) is 0 Å². The third-order valence-corrected chi connectivity index (χ3v) is 10.6. The van der Waals surface area contributed by atoms with E-state index in [0.717, 1.165) is 64.2 Å². The van der Waals surface area contributed by atoms with Gasteiger partial charge in [0, 0.05) is 6.42 Å². The van der Waals surface area contributed by atoms with Crippen LogP contribution in [0.1, 0.15) is 187 Å². The van der Waals surface area contributed by atoms with E-state index in [1.165, 1.54) is 103 Å². The Morgan fingerprint density at radius 2 is 1.05 bits per heavy atom. The first-order chi connectivity index (χ1) is 27.3. The highest BCUT2D eigenvalue weighted by Crippen LogP contribution is 2.22. The summed E-state index contributed by atoms with van der Waals surface area (Å²) >= 11 is 0. The second-order valence-electron chi connectivity index (χ2n) is 15.8. The molecule has 9 heteroatoms. The van der Waals surface area contributed by atoms with Crippen LogP contribution in [0, 0.1) is 0 Å². The van der Waals surface area contributed by atoms with Crippen molar-refractivity contribution in [1.29, 1.82) is 0 Å². The van der Waals surface area contributed by atoms with E-state index in [-0.39, 0.29) is 12.5 Å². The maximum absolute atomic E-state index is 12.9. The van der Waals surface area contributed by atoms with Crippen molar-refractivity contribution in [3.05, 3.63) is 48.6 Å². The number of allylic oxidation sites excluding steroid dienone is 7. The minimum absolute atomic E-state index is 0.188. The van der Waals surface area contributed by atoms with E-state index in [1.807, 2.05) is 6.08 Å². The first-order valence-corrected chi connectivity index (χ1v) is 22.9. The fourth-order valence-corrected chi connectivity index (χ4v) is 6.93. The molecule has 0 radical (unpaired) electrons. The zero-order valence-electron chi connectivity index (χ0n) is 35.6. The van der Waals surface area contributed by atoms with Crippen molar-refractivity contribution in [3.63, 3.8) is 0 Å². The number of aliphatic hydroxyl groups is 5. The lowest BCUT2D eigenvalue weighted by Crippen LogP contribution is -2.60. The van der Waals surface area contributed by atoms with Gasteiger partial charge in [-0.1, -0.05) is 172 Å². The molecule has 1 amide bonds. The predicted octanol–water partition coefficient (Wildman–Crippen LogP) is 9.45. The fourth-order valence-electron chi connectivity index (χ4n) is 6.93. The van der Waals surface area contributed by atoms with Gasteiger partial charge in [0.25, 0.3) is 0 Å². The number of unbranched alkanes of at least 4 members (excludes halogenated alkanes) is 21. The lowest BCUT2D eigenvalue weighted by molar-refractivity contribution is -0.302. The minimum Gasteiger partial charge on any atom is -0.394 e. The number of hydrogen-bond acceptors (Lipinski definition) is 8. The van der Waals surface area contributed by atoms with Crippen LogP contribution in [0.4, 0.5) is 0 Å². The molecule has 1 aliphatic rings. The molecule has 1 fully saturated rings. The first kappa shape index (κ1) is 52.2. The normalized spacial score (nSPS) is 21.6. The molecule has 1 heterocycles. The van der Waals surface area contributed by atoms with Crippen LogP contribution in [0.2, 0.25) is 0 Å². The molecular weight excluding hydrogens is 707 g/mol. The summed E-state index contributed by atoms with van der Waals surface area (Å²) in [7, 11) is 0. The minimum atomic E-state index is -1.57. The van der Waals surface area contributed by atoms with Crippen molar-refractivity contribution in [2.45, 2.75) is 230 Å². The van der Waals surface area contributed by atoms with Crippen LogP contribution in [0.5, 0.6) is 0 Å². The summed E-state index contributed by atoms with van der Waals surface area (Å²) in [5, 5.41) is 54.0. The van der Waals surface area contributed by atoms with Crippen LogP contribution in [-0.4, -0.2) is 87.5 Å². The molecular formula is C47H85NO8. The summed E-state index contributed by atoms with van der Waals surface area (Å²) in [5.74, 6) is -0.188. The van der Waals surface area contributed by atoms with Gasteiger partial charge in [0.1, 0.15) is 24.4 Å². The lowest BCUT2D eigenvalue weighted by Gasteiger charge is -2.40. The van der Waals surface area contributed by atoms with E-state index < -0.39 is 49.5 Å². The molecule has 1 saturated heterocycles. The van der Waals surface area contributed by atoms with Crippen molar-refractivity contribution in [2.75, 3.05) is 13.2 Å². The third-order valence-electron chi connectivity index (χ3n) is 10.6. The maximum atomic E-state index is 12.9. The molecule has 7 atom stereocenters. The number of amides is 1. The average Bonchev–Trinajstić information content (AvgIpc) is 3.20. The molecule has 1 aliphatic heterocycles. The summed E-state index contributed by atoms with van der Waals surface area (Å²) in [6.07, 6.45) is 40.1. The highest BCUT2D eigenvalue weighted by Gasteiger charge is 2.44. The van der Waals surface area contributed by atoms with Gasteiger partial charge in [-0.15, -0.1) is 0 Å². The molecule has 9 nitrogen and oxygen atoms in total. The van der Waals surface area contributed by atoms with Gasteiger partial charge in [0.15, 0.2) is 6.29 Å². The van der Waals surface area contributed by atoms with Crippen LogP contribution in [0.3, 0.4) is 0 Å². The quantitative estimate of drug-likeness (QED) is 0.0269. The molecule has 0 bridgehead atoms. The van der Waals surface area contributed by atoms with Gasteiger partial charge in [-0.05, 0) is 57.8 Å². The van der Waals surface area contributed by atoms with Gasteiger partial charge < -0.3 is 40.3 Å². The summed E-state index contributed by atoms with van der Waals surface area (Å²) in [6.45, 7) is 3.72. The van der Waals surface area contributed by atoms with Crippen LogP contribution in [0.15, 0.2) is 48.6 Å². The number of hydrogen-bond donors (Lipinski definition) is 6. The van der Waals surface area contributed by atoms with Gasteiger partial charge in [-0.2, -0.15) is 0 Å². The van der Waals surface area contributed by atoms with Crippen molar-refractivity contribution >= 4 is 5.91 Å². The molecule has 0 aromatic rings. The van der Waals surface area contributed by atoms with E-state index in [9.17, 15) is 30.3 Å². The lowest BCUT2D eigenvalue weighted by atomic mass is 9.99. The highest BCUT2D eigenvalue weighted by molar-refractivity contribution is 5.76. The number of nitrogens with one attached hydrogen (secondary N) is 1. The van der Waals surface area contributed by atoms with E-state index >= 15 is 0 Å². The first-order valence-electron chi connectivity index (χ1n) is 22.9. The van der Waals surface area contributed by atoms with Crippen molar-refractivity contribution in [1.82, 2.24) is 5.32 Å². The number of rotatable bonds is 37. The maximum Gasteiger partial charge on any atom is 0.220 e.